The molecule has 0 fully saturated rings. The Morgan fingerprint density at radius 2 is 1.90 bits per heavy atom. The third kappa shape index (κ3) is 4.08. The number of nitro groups is 1. The van der Waals surface area contributed by atoms with E-state index in [1.165, 1.54) is 23.1 Å². The van der Waals surface area contributed by atoms with Crippen LogP contribution >= 0.6 is 11.3 Å². The highest BCUT2D eigenvalue weighted by molar-refractivity contribution is 7.10. The molecule has 0 spiro atoms. The molecular formula is C22H19N3O4S. The number of nitro benzene ring substituents is 1. The van der Waals surface area contributed by atoms with Crippen molar-refractivity contribution < 1.29 is 14.5 Å². The van der Waals surface area contributed by atoms with E-state index in [0.29, 0.717) is 18.7 Å². The summed E-state index contributed by atoms with van der Waals surface area (Å²) in [5, 5.41) is 16.4. The number of thiophene rings is 1. The number of carbonyl (C=O) groups excluding carboxylic acids is 2. The van der Waals surface area contributed by atoms with Crippen molar-refractivity contribution in [3.05, 3.63) is 91.7 Å². The van der Waals surface area contributed by atoms with Gasteiger partial charge in [-0.1, -0.05) is 30.3 Å². The quantitative estimate of drug-likeness (QED) is 0.370. The van der Waals surface area contributed by atoms with Crippen molar-refractivity contribution in [3.63, 3.8) is 0 Å². The maximum atomic E-state index is 12.6. The van der Waals surface area contributed by atoms with Crippen molar-refractivity contribution in [2.75, 3.05) is 18.4 Å². The van der Waals surface area contributed by atoms with Crippen LogP contribution < -0.4 is 5.32 Å². The number of anilines is 1. The lowest BCUT2D eigenvalue weighted by molar-refractivity contribution is -0.384. The summed E-state index contributed by atoms with van der Waals surface area (Å²) in [7, 11) is 0. The molecule has 0 aliphatic carbocycles. The Morgan fingerprint density at radius 1 is 1.10 bits per heavy atom. The number of ketones is 1. The van der Waals surface area contributed by atoms with Gasteiger partial charge in [0.05, 0.1) is 11.5 Å². The van der Waals surface area contributed by atoms with E-state index in [1.54, 1.807) is 46.6 Å². The van der Waals surface area contributed by atoms with Gasteiger partial charge in [0, 0.05) is 35.2 Å². The van der Waals surface area contributed by atoms with E-state index in [9.17, 15) is 19.7 Å². The van der Waals surface area contributed by atoms with Crippen molar-refractivity contribution in [2.45, 2.75) is 13.0 Å². The van der Waals surface area contributed by atoms with E-state index in [2.05, 4.69) is 5.32 Å². The lowest BCUT2D eigenvalue weighted by atomic mass is 10.0. The minimum atomic E-state index is -0.549. The van der Waals surface area contributed by atoms with Gasteiger partial charge in [-0.25, -0.2) is 0 Å². The van der Waals surface area contributed by atoms with E-state index in [-0.39, 0.29) is 35.2 Å². The average Bonchev–Trinajstić information content (AvgIpc) is 3.25. The number of hydrogen-bond donors (Lipinski definition) is 1. The van der Waals surface area contributed by atoms with Crippen LogP contribution in [-0.4, -0.2) is 34.6 Å². The molecule has 30 heavy (non-hydrogen) atoms. The largest absolute Gasteiger partial charge is 0.371 e. The smallest absolute Gasteiger partial charge is 0.293 e. The number of nitrogens with zero attached hydrogens (tertiary/aromatic N) is 2. The zero-order valence-electron chi connectivity index (χ0n) is 16.0. The molecule has 0 unspecified atom stereocenters. The molecule has 1 aromatic heterocycles. The Kier molecular flexibility index (Phi) is 5.58. The first-order chi connectivity index (χ1) is 14.5. The molecule has 2 heterocycles. The van der Waals surface area contributed by atoms with Gasteiger partial charge in [0.15, 0.2) is 5.78 Å². The Bertz CT molecular complexity index is 1110. The lowest BCUT2D eigenvalue weighted by Gasteiger charge is -2.27. The highest BCUT2D eigenvalue weighted by atomic mass is 32.1. The van der Waals surface area contributed by atoms with Gasteiger partial charge in [0.1, 0.15) is 5.69 Å². The van der Waals surface area contributed by atoms with Crippen molar-refractivity contribution >= 4 is 34.4 Å². The minimum absolute atomic E-state index is 0.0493. The molecule has 1 aliphatic heterocycles. The number of rotatable bonds is 6. The van der Waals surface area contributed by atoms with E-state index in [0.717, 1.165) is 12.0 Å². The number of carbonyl (C=O) groups is 2. The molecule has 0 atom stereocenters. The zero-order valence-corrected chi connectivity index (χ0v) is 16.9. The van der Waals surface area contributed by atoms with Crippen LogP contribution in [-0.2, 0) is 17.8 Å². The molecule has 152 valence electrons. The molecule has 3 aromatic rings. The first-order valence-corrected chi connectivity index (χ1v) is 10.4. The monoisotopic (exact) mass is 421 g/mol. The molecule has 4 rings (SSSR count). The molecule has 1 amide bonds. The van der Waals surface area contributed by atoms with E-state index < -0.39 is 4.92 Å². The van der Waals surface area contributed by atoms with Crippen LogP contribution in [0.2, 0.25) is 0 Å². The summed E-state index contributed by atoms with van der Waals surface area (Å²) in [6.07, 6.45) is 0.829. The van der Waals surface area contributed by atoms with Gasteiger partial charge in [-0.2, -0.15) is 0 Å². The fourth-order valence-corrected chi connectivity index (χ4v) is 4.36. The molecular weight excluding hydrogens is 402 g/mol. The maximum Gasteiger partial charge on any atom is 0.293 e. The number of nitrogens with one attached hydrogen (secondary N) is 1. The number of hydrogen-bond acceptors (Lipinski definition) is 6. The number of benzene rings is 2. The Balaban J connectivity index is 1.47. The second-order valence-corrected chi connectivity index (χ2v) is 7.97. The van der Waals surface area contributed by atoms with E-state index in [4.69, 9.17) is 0 Å². The molecule has 1 aliphatic rings. The molecule has 0 bridgehead atoms. The van der Waals surface area contributed by atoms with E-state index in [1.807, 2.05) is 11.4 Å². The van der Waals surface area contributed by atoms with Gasteiger partial charge >= 0.3 is 0 Å². The average molecular weight is 421 g/mol. The molecule has 7 nitrogen and oxygen atoms in total. The van der Waals surface area contributed by atoms with Gasteiger partial charge in [0.25, 0.3) is 5.69 Å². The second-order valence-electron chi connectivity index (χ2n) is 6.97. The van der Waals surface area contributed by atoms with Crippen molar-refractivity contribution in [2.24, 2.45) is 0 Å². The van der Waals surface area contributed by atoms with E-state index >= 15 is 0 Å². The summed E-state index contributed by atoms with van der Waals surface area (Å²) in [5.41, 5.74) is 1.83. The van der Waals surface area contributed by atoms with Crippen LogP contribution in [0.5, 0.6) is 0 Å². The standard InChI is InChI=1S/C22H19N3O4S/c26-21(24-10-8-20-17(14-24)9-11-30-20)13-23-18-7-6-16(12-19(18)25(28)29)22(27)15-4-2-1-3-5-15/h1-7,9,11-12,23H,8,10,13-14H2. The zero-order chi connectivity index (χ0) is 21.1. The summed E-state index contributed by atoms with van der Waals surface area (Å²) in [6.45, 7) is 1.15. The molecule has 1 N–H and O–H groups in total. The summed E-state index contributed by atoms with van der Waals surface area (Å²) in [5.74, 6) is -0.410. The highest BCUT2D eigenvalue weighted by Gasteiger charge is 2.23. The minimum Gasteiger partial charge on any atom is -0.371 e. The Labute approximate surface area is 177 Å². The first kappa shape index (κ1) is 19.8. The third-order valence-electron chi connectivity index (χ3n) is 5.08. The molecule has 0 saturated carbocycles. The van der Waals surface area contributed by atoms with Crippen LogP contribution in [0.1, 0.15) is 26.4 Å². The maximum absolute atomic E-state index is 12.6. The van der Waals surface area contributed by atoms with Crippen molar-refractivity contribution in [1.82, 2.24) is 4.90 Å². The van der Waals surface area contributed by atoms with Crippen LogP contribution in [0, 0.1) is 10.1 Å². The van der Waals surface area contributed by atoms with Crippen LogP contribution in [0.15, 0.2) is 60.0 Å². The SMILES string of the molecule is O=C(c1ccccc1)c1ccc(NCC(=O)N2CCc3sccc3C2)c([N+](=O)[O-])c1. The normalized spacial score (nSPS) is 12.9. The van der Waals surface area contributed by atoms with Crippen LogP contribution in [0.25, 0.3) is 0 Å². The fourth-order valence-electron chi connectivity index (χ4n) is 3.47. The fraction of sp³-hybridized carbons (Fsp3) is 0.182. The Hall–Kier alpha value is -3.52. The second kappa shape index (κ2) is 8.46. The van der Waals surface area contributed by atoms with Crippen molar-refractivity contribution in [3.8, 4) is 0 Å². The predicted molar refractivity (Wildman–Crippen MR) is 115 cm³/mol. The third-order valence-corrected chi connectivity index (χ3v) is 6.11. The predicted octanol–water partition coefficient (Wildman–Crippen LogP) is 3.88. The summed E-state index contributed by atoms with van der Waals surface area (Å²) in [6, 6.07) is 14.9. The van der Waals surface area contributed by atoms with Gasteiger partial charge in [-0.15, -0.1) is 11.3 Å². The molecule has 0 saturated heterocycles. The topological polar surface area (TPSA) is 92.6 Å². The van der Waals surface area contributed by atoms with Gasteiger partial charge in [0.2, 0.25) is 5.91 Å². The van der Waals surface area contributed by atoms with Gasteiger partial charge in [-0.05, 0) is 35.6 Å². The van der Waals surface area contributed by atoms with Crippen molar-refractivity contribution in [1.29, 1.82) is 0 Å². The molecule has 2 aromatic carbocycles. The molecule has 8 heteroatoms. The lowest BCUT2D eigenvalue weighted by Crippen LogP contribution is -2.38. The summed E-state index contributed by atoms with van der Waals surface area (Å²) < 4.78 is 0. The summed E-state index contributed by atoms with van der Waals surface area (Å²) in [4.78, 5) is 39.2. The number of amides is 1. The Morgan fingerprint density at radius 3 is 2.67 bits per heavy atom. The first-order valence-electron chi connectivity index (χ1n) is 9.48. The van der Waals surface area contributed by atoms with Crippen LogP contribution in [0.4, 0.5) is 11.4 Å². The number of fused-ring (bicyclic) bond motifs is 1. The summed E-state index contributed by atoms with van der Waals surface area (Å²) >= 11 is 1.70. The van der Waals surface area contributed by atoms with Gasteiger partial charge in [-0.3, -0.25) is 19.7 Å². The highest BCUT2D eigenvalue weighted by Crippen LogP contribution is 2.27. The molecule has 0 radical (unpaired) electrons. The van der Waals surface area contributed by atoms with Gasteiger partial charge < -0.3 is 10.2 Å². The van der Waals surface area contributed by atoms with Crippen LogP contribution in [0.3, 0.4) is 0 Å².